The van der Waals surface area contributed by atoms with Crippen molar-refractivity contribution in [2.24, 2.45) is 0 Å². The van der Waals surface area contributed by atoms with E-state index >= 15 is 0 Å². The molecule has 3 rings (SSSR count). The van der Waals surface area contributed by atoms with Crippen molar-refractivity contribution in [3.05, 3.63) is 48.0 Å². The van der Waals surface area contributed by atoms with E-state index in [4.69, 9.17) is 9.68 Å². The van der Waals surface area contributed by atoms with Gasteiger partial charge in [0.1, 0.15) is 22.8 Å². The monoisotopic (exact) mass is 227 g/mol. The highest BCUT2D eigenvalue weighted by Crippen LogP contribution is 2.48. The first-order chi connectivity index (χ1) is 8.23. The fraction of sp³-hybridized carbons (Fsp3) is 0.214. The van der Waals surface area contributed by atoms with E-state index in [9.17, 15) is 4.39 Å². The Morgan fingerprint density at radius 2 is 1.82 bits per heavy atom. The number of hydrogen-bond donors (Lipinski definition) is 0. The van der Waals surface area contributed by atoms with E-state index in [0.717, 1.165) is 24.2 Å². The highest BCUT2D eigenvalue weighted by atomic mass is 19.1. The third-order valence-corrected chi connectivity index (χ3v) is 3.17. The first-order valence-corrected chi connectivity index (χ1v) is 5.51. The quantitative estimate of drug-likeness (QED) is 0.785. The summed E-state index contributed by atoms with van der Waals surface area (Å²) in [5.74, 6) is 1.14. The smallest absolute Gasteiger partial charge is 0.134 e. The predicted octanol–water partition coefficient (Wildman–Crippen LogP) is 3.64. The van der Waals surface area contributed by atoms with Gasteiger partial charge in [-0.25, -0.2) is 4.39 Å². The van der Waals surface area contributed by atoms with Crippen LogP contribution in [0.15, 0.2) is 40.8 Å². The Morgan fingerprint density at radius 1 is 1.12 bits per heavy atom. The van der Waals surface area contributed by atoms with Crippen LogP contribution >= 0.6 is 0 Å². The molecule has 1 aromatic carbocycles. The van der Waals surface area contributed by atoms with Gasteiger partial charge in [-0.1, -0.05) is 0 Å². The number of nitrogens with zero attached hydrogens (tertiary/aromatic N) is 1. The van der Waals surface area contributed by atoms with Crippen molar-refractivity contribution >= 4 is 0 Å². The van der Waals surface area contributed by atoms with Crippen LogP contribution in [0.5, 0.6) is 0 Å². The van der Waals surface area contributed by atoms with Crippen LogP contribution in [-0.4, -0.2) is 0 Å². The van der Waals surface area contributed by atoms with E-state index in [2.05, 4.69) is 6.07 Å². The van der Waals surface area contributed by atoms with Gasteiger partial charge in [-0.15, -0.1) is 0 Å². The van der Waals surface area contributed by atoms with Crippen molar-refractivity contribution in [1.29, 1.82) is 5.26 Å². The van der Waals surface area contributed by atoms with Gasteiger partial charge in [0.2, 0.25) is 0 Å². The Kier molecular flexibility index (Phi) is 2.05. The molecule has 1 heterocycles. The zero-order valence-corrected chi connectivity index (χ0v) is 9.11. The Morgan fingerprint density at radius 3 is 2.41 bits per heavy atom. The summed E-state index contributed by atoms with van der Waals surface area (Å²) in [6.07, 6.45) is 1.72. The molecule has 0 N–H and O–H groups in total. The van der Waals surface area contributed by atoms with Crippen molar-refractivity contribution in [2.45, 2.75) is 18.3 Å². The molecule has 84 valence electrons. The molecule has 1 fully saturated rings. The molecule has 0 amide bonds. The van der Waals surface area contributed by atoms with E-state index in [-0.39, 0.29) is 5.82 Å². The Bertz CT molecular complexity index is 587. The van der Waals surface area contributed by atoms with E-state index < -0.39 is 5.41 Å². The Labute approximate surface area is 98.3 Å². The average molecular weight is 227 g/mol. The summed E-state index contributed by atoms with van der Waals surface area (Å²) in [5.41, 5.74) is 0.421. The maximum Gasteiger partial charge on any atom is 0.134 e. The SMILES string of the molecule is N#CC1(c2ccc(-c3ccc(F)cc3)o2)CC1. The molecule has 0 aliphatic heterocycles. The molecule has 0 radical (unpaired) electrons. The number of halogens is 1. The van der Waals surface area contributed by atoms with Gasteiger partial charge in [-0.3, -0.25) is 0 Å². The molecule has 1 saturated carbocycles. The van der Waals surface area contributed by atoms with Gasteiger partial charge in [-0.2, -0.15) is 5.26 Å². The second-order valence-electron chi connectivity index (χ2n) is 4.36. The Hall–Kier alpha value is -2.08. The van der Waals surface area contributed by atoms with E-state index in [1.165, 1.54) is 12.1 Å². The molecule has 0 saturated heterocycles. The summed E-state index contributed by atoms with van der Waals surface area (Å²) in [4.78, 5) is 0. The van der Waals surface area contributed by atoms with Crippen molar-refractivity contribution in [3.8, 4) is 17.4 Å². The normalized spacial score (nSPS) is 16.5. The zero-order chi connectivity index (χ0) is 11.9. The lowest BCUT2D eigenvalue weighted by Crippen LogP contribution is -1.99. The maximum atomic E-state index is 12.8. The van der Waals surface area contributed by atoms with Crippen LogP contribution in [0.4, 0.5) is 4.39 Å². The third-order valence-electron chi connectivity index (χ3n) is 3.17. The number of rotatable bonds is 2. The van der Waals surface area contributed by atoms with Crippen LogP contribution in [0, 0.1) is 17.1 Å². The third kappa shape index (κ3) is 1.62. The molecule has 1 aliphatic carbocycles. The number of furan rings is 1. The first-order valence-electron chi connectivity index (χ1n) is 5.51. The molecule has 17 heavy (non-hydrogen) atoms. The van der Waals surface area contributed by atoms with Gasteiger partial charge in [0.05, 0.1) is 6.07 Å². The second kappa shape index (κ2) is 3.46. The van der Waals surface area contributed by atoms with Crippen LogP contribution < -0.4 is 0 Å². The lowest BCUT2D eigenvalue weighted by atomic mass is 10.1. The maximum absolute atomic E-state index is 12.8. The van der Waals surface area contributed by atoms with Crippen LogP contribution in [0.1, 0.15) is 18.6 Å². The summed E-state index contributed by atoms with van der Waals surface area (Å²) in [6, 6.07) is 12.1. The summed E-state index contributed by atoms with van der Waals surface area (Å²) in [5, 5.41) is 9.07. The van der Waals surface area contributed by atoms with Crippen LogP contribution in [0.2, 0.25) is 0 Å². The van der Waals surface area contributed by atoms with E-state index in [0.29, 0.717) is 5.76 Å². The minimum atomic E-state index is -0.404. The standard InChI is InChI=1S/C14H10FNO/c15-11-3-1-10(2-4-11)12-5-6-13(17-12)14(9-16)7-8-14/h1-6H,7-8H2. The van der Waals surface area contributed by atoms with Crippen molar-refractivity contribution < 1.29 is 8.81 Å². The molecule has 1 aromatic heterocycles. The molecular formula is C14H10FNO. The molecule has 0 atom stereocenters. The van der Waals surface area contributed by atoms with Crippen molar-refractivity contribution in [1.82, 2.24) is 0 Å². The molecule has 0 bridgehead atoms. The minimum absolute atomic E-state index is 0.267. The molecule has 0 spiro atoms. The number of nitriles is 1. The number of hydrogen-bond acceptors (Lipinski definition) is 2. The van der Waals surface area contributed by atoms with Gasteiger partial charge in [0.25, 0.3) is 0 Å². The Balaban J connectivity index is 1.96. The second-order valence-corrected chi connectivity index (χ2v) is 4.36. The molecular weight excluding hydrogens is 217 g/mol. The van der Waals surface area contributed by atoms with Gasteiger partial charge < -0.3 is 4.42 Å². The fourth-order valence-electron chi connectivity index (χ4n) is 1.90. The number of benzene rings is 1. The van der Waals surface area contributed by atoms with E-state index in [1.54, 1.807) is 12.1 Å². The summed E-state index contributed by atoms with van der Waals surface area (Å²) in [7, 11) is 0. The van der Waals surface area contributed by atoms with Gasteiger partial charge in [-0.05, 0) is 49.2 Å². The molecule has 1 aliphatic rings. The van der Waals surface area contributed by atoms with Crippen LogP contribution in [0.3, 0.4) is 0 Å². The largest absolute Gasteiger partial charge is 0.459 e. The molecule has 2 aromatic rings. The van der Waals surface area contributed by atoms with Crippen LogP contribution in [-0.2, 0) is 5.41 Å². The molecule has 3 heteroatoms. The van der Waals surface area contributed by atoms with E-state index in [1.807, 2.05) is 12.1 Å². The van der Waals surface area contributed by atoms with Gasteiger partial charge in [0, 0.05) is 5.56 Å². The van der Waals surface area contributed by atoms with Gasteiger partial charge >= 0.3 is 0 Å². The van der Waals surface area contributed by atoms with Crippen molar-refractivity contribution in [2.75, 3.05) is 0 Å². The lowest BCUT2D eigenvalue weighted by Gasteiger charge is -2.00. The highest BCUT2D eigenvalue weighted by molar-refractivity contribution is 5.58. The summed E-state index contributed by atoms with van der Waals surface area (Å²) in [6.45, 7) is 0. The first kappa shape index (κ1) is 10.1. The summed E-state index contributed by atoms with van der Waals surface area (Å²) >= 11 is 0. The lowest BCUT2D eigenvalue weighted by molar-refractivity contribution is 0.499. The zero-order valence-electron chi connectivity index (χ0n) is 9.11. The minimum Gasteiger partial charge on any atom is -0.459 e. The van der Waals surface area contributed by atoms with Gasteiger partial charge in [0.15, 0.2) is 0 Å². The van der Waals surface area contributed by atoms with Crippen LogP contribution in [0.25, 0.3) is 11.3 Å². The average Bonchev–Trinajstić information content (AvgIpc) is 3.00. The summed E-state index contributed by atoms with van der Waals surface area (Å²) < 4.78 is 18.5. The molecule has 2 nitrogen and oxygen atoms in total. The molecule has 0 unspecified atom stereocenters. The van der Waals surface area contributed by atoms with Crippen molar-refractivity contribution in [3.63, 3.8) is 0 Å². The highest BCUT2D eigenvalue weighted by Gasteiger charge is 2.47. The predicted molar refractivity (Wildman–Crippen MR) is 60.6 cm³/mol. The topological polar surface area (TPSA) is 36.9 Å². The fourth-order valence-corrected chi connectivity index (χ4v) is 1.90.